The van der Waals surface area contributed by atoms with Gasteiger partial charge in [-0.2, -0.15) is 0 Å². The van der Waals surface area contributed by atoms with Crippen LogP contribution in [0.3, 0.4) is 0 Å². The van der Waals surface area contributed by atoms with Crippen molar-refractivity contribution in [2.45, 2.75) is 11.4 Å². The number of benzene rings is 3. The summed E-state index contributed by atoms with van der Waals surface area (Å²) in [5.74, 6) is 0.0153. The Morgan fingerprint density at radius 3 is 2.60 bits per heavy atom. The summed E-state index contributed by atoms with van der Waals surface area (Å²) in [5, 5.41) is 14.8. The molecule has 0 unspecified atom stereocenters. The van der Waals surface area contributed by atoms with E-state index in [1.807, 2.05) is 42.5 Å². The van der Waals surface area contributed by atoms with Crippen molar-refractivity contribution in [3.63, 3.8) is 0 Å². The normalized spacial score (nSPS) is 11.4. The predicted molar refractivity (Wildman–Crippen MR) is 123 cm³/mol. The van der Waals surface area contributed by atoms with Gasteiger partial charge >= 0.3 is 0 Å². The molecule has 0 bridgehead atoms. The van der Waals surface area contributed by atoms with Gasteiger partial charge in [0.1, 0.15) is 5.69 Å². The predicted octanol–water partition coefficient (Wildman–Crippen LogP) is 6.47. The third-order valence-electron chi connectivity index (χ3n) is 4.48. The van der Waals surface area contributed by atoms with Crippen molar-refractivity contribution in [2.24, 2.45) is 10.2 Å². The monoisotopic (exact) mass is 436 g/mol. The fourth-order valence-electron chi connectivity index (χ4n) is 2.96. The summed E-state index contributed by atoms with van der Waals surface area (Å²) in [4.78, 5) is 19.2. The van der Waals surface area contributed by atoms with E-state index < -0.39 is 0 Å². The molecule has 0 amide bonds. The highest BCUT2D eigenvalue weighted by Gasteiger charge is 2.10. The number of hydrogen-bond acceptors (Lipinski definition) is 6. The van der Waals surface area contributed by atoms with Crippen LogP contribution in [0.5, 0.6) is 5.88 Å². The summed E-state index contributed by atoms with van der Waals surface area (Å²) in [5.41, 5.74) is 3.15. The molecule has 3 N–H and O–H groups in total. The van der Waals surface area contributed by atoms with Crippen molar-refractivity contribution >= 4 is 52.0 Å². The molecule has 4 aromatic rings. The summed E-state index contributed by atoms with van der Waals surface area (Å²) in [6.45, 7) is 0.683. The number of aliphatic imine (C=N–C) groups is 1. The number of aromatic nitrogens is 1. The van der Waals surface area contributed by atoms with E-state index in [0.717, 1.165) is 21.4 Å². The topological polar surface area (TPSA) is 89.8 Å². The van der Waals surface area contributed by atoms with Gasteiger partial charge in [0.2, 0.25) is 0 Å². The summed E-state index contributed by atoms with van der Waals surface area (Å²) in [6.07, 6.45) is 1.54. The van der Waals surface area contributed by atoms with E-state index in [9.17, 15) is 10.0 Å². The van der Waals surface area contributed by atoms with Crippen LogP contribution in [-0.4, -0.2) is 16.3 Å². The van der Waals surface area contributed by atoms with Crippen molar-refractivity contribution in [2.75, 3.05) is 0 Å². The first-order valence-corrected chi connectivity index (χ1v) is 10.3. The van der Waals surface area contributed by atoms with E-state index >= 15 is 0 Å². The molecule has 1 aromatic heterocycles. The average molecular weight is 437 g/mol. The SMILES string of the molecule is O=Nc1ccccc1N=Cc1c(O)[nH]c2ccc(SNCc3ccc(Cl)cc3)cc12. The molecule has 0 fully saturated rings. The first kappa shape index (κ1) is 20.2. The molecule has 0 spiro atoms. The molecule has 0 aliphatic rings. The minimum absolute atomic E-state index is 0.0153. The maximum Gasteiger partial charge on any atom is 0.198 e. The number of fused-ring (bicyclic) bond motifs is 1. The van der Waals surface area contributed by atoms with E-state index in [4.69, 9.17) is 11.6 Å². The largest absolute Gasteiger partial charge is 0.494 e. The molecular weight excluding hydrogens is 420 g/mol. The number of para-hydroxylation sites is 1. The van der Waals surface area contributed by atoms with Gasteiger partial charge in [-0.3, -0.25) is 9.71 Å². The van der Waals surface area contributed by atoms with Crippen LogP contribution in [-0.2, 0) is 6.54 Å². The van der Waals surface area contributed by atoms with Crippen LogP contribution in [0.25, 0.3) is 10.9 Å². The second kappa shape index (κ2) is 9.13. The number of nitrogens with one attached hydrogen (secondary N) is 2. The standard InChI is InChI=1S/C22H17ClN4O2S/c23-15-7-5-14(6-8-15)12-25-30-16-9-10-19-17(11-16)18(22(28)26-19)13-24-20-3-1-2-4-21(20)27-29/h1-11,13,25-26,28H,12H2. The second-order valence-corrected chi connectivity index (χ2v) is 7.88. The van der Waals surface area contributed by atoms with E-state index in [1.165, 1.54) is 18.2 Å². The number of H-pyrrole nitrogens is 1. The van der Waals surface area contributed by atoms with Crippen LogP contribution in [0.15, 0.2) is 81.8 Å². The van der Waals surface area contributed by atoms with Crippen LogP contribution in [0.4, 0.5) is 11.4 Å². The van der Waals surface area contributed by atoms with E-state index in [1.54, 1.807) is 24.3 Å². The smallest absolute Gasteiger partial charge is 0.198 e. The lowest BCUT2D eigenvalue weighted by molar-refractivity contribution is 0.457. The molecule has 4 rings (SSSR count). The average Bonchev–Trinajstić information content (AvgIpc) is 3.08. The quantitative estimate of drug-likeness (QED) is 0.176. The molecule has 0 aliphatic heterocycles. The van der Waals surface area contributed by atoms with E-state index in [0.29, 0.717) is 22.8 Å². The molecule has 8 heteroatoms. The van der Waals surface area contributed by atoms with Crippen LogP contribution in [0.1, 0.15) is 11.1 Å². The van der Waals surface area contributed by atoms with Crippen LogP contribution >= 0.6 is 23.5 Å². The van der Waals surface area contributed by atoms with Crippen molar-refractivity contribution in [1.29, 1.82) is 0 Å². The zero-order valence-electron chi connectivity index (χ0n) is 15.7. The van der Waals surface area contributed by atoms with E-state index in [2.05, 4.69) is 19.9 Å². The minimum Gasteiger partial charge on any atom is -0.494 e. The molecule has 1 heterocycles. The molecule has 6 nitrogen and oxygen atoms in total. The third-order valence-corrected chi connectivity index (χ3v) is 5.51. The zero-order valence-corrected chi connectivity index (χ0v) is 17.2. The molecule has 30 heavy (non-hydrogen) atoms. The highest BCUT2D eigenvalue weighted by atomic mass is 35.5. The summed E-state index contributed by atoms with van der Waals surface area (Å²) < 4.78 is 3.32. The molecule has 0 atom stereocenters. The Morgan fingerprint density at radius 1 is 1.07 bits per heavy atom. The molecule has 3 aromatic carbocycles. The number of nitroso groups, excluding NO2 is 1. The lowest BCUT2D eigenvalue weighted by Crippen LogP contribution is -2.02. The molecule has 0 aliphatic carbocycles. The van der Waals surface area contributed by atoms with Crippen LogP contribution in [0, 0.1) is 4.91 Å². The van der Waals surface area contributed by atoms with Gasteiger partial charge in [0, 0.05) is 33.6 Å². The van der Waals surface area contributed by atoms with Crippen LogP contribution in [0.2, 0.25) is 5.02 Å². The summed E-state index contributed by atoms with van der Waals surface area (Å²) in [6, 6.07) is 20.3. The number of rotatable bonds is 7. The van der Waals surface area contributed by atoms with Crippen LogP contribution < -0.4 is 4.72 Å². The Hall–Kier alpha value is -3.13. The first-order chi connectivity index (χ1) is 14.6. The van der Waals surface area contributed by atoms with Crippen molar-refractivity contribution < 1.29 is 5.11 Å². The van der Waals surface area contributed by atoms with Gasteiger partial charge < -0.3 is 10.1 Å². The van der Waals surface area contributed by atoms with Crippen molar-refractivity contribution in [3.8, 4) is 5.88 Å². The van der Waals surface area contributed by atoms with Gasteiger partial charge in [-0.15, -0.1) is 4.91 Å². The maximum absolute atomic E-state index is 10.9. The third kappa shape index (κ3) is 4.54. The summed E-state index contributed by atoms with van der Waals surface area (Å²) >= 11 is 7.41. The number of aromatic amines is 1. The number of halogens is 1. The van der Waals surface area contributed by atoms with Gasteiger partial charge in [0.05, 0.1) is 11.3 Å². The highest BCUT2D eigenvalue weighted by molar-refractivity contribution is 7.97. The van der Waals surface area contributed by atoms with Crippen molar-refractivity contribution in [1.82, 2.24) is 9.71 Å². The van der Waals surface area contributed by atoms with Gasteiger partial charge in [-0.25, -0.2) is 0 Å². The Kier molecular flexibility index (Phi) is 6.13. The Balaban J connectivity index is 1.54. The second-order valence-electron chi connectivity index (χ2n) is 6.48. The molecular formula is C22H17ClN4O2S. The number of aromatic hydroxyl groups is 1. The Bertz CT molecular complexity index is 1220. The molecule has 0 saturated heterocycles. The van der Waals surface area contributed by atoms with E-state index in [-0.39, 0.29) is 11.6 Å². The number of nitrogens with zero attached hydrogens (tertiary/aromatic N) is 2. The Morgan fingerprint density at radius 2 is 1.83 bits per heavy atom. The summed E-state index contributed by atoms with van der Waals surface area (Å²) in [7, 11) is 0. The fraction of sp³-hybridized carbons (Fsp3) is 0.0455. The van der Waals surface area contributed by atoms with Gasteiger partial charge in [-0.05, 0) is 65.2 Å². The first-order valence-electron chi connectivity index (χ1n) is 9.09. The van der Waals surface area contributed by atoms with Gasteiger partial charge in [0.15, 0.2) is 5.88 Å². The zero-order chi connectivity index (χ0) is 20.9. The highest BCUT2D eigenvalue weighted by Crippen LogP contribution is 2.31. The molecule has 150 valence electrons. The van der Waals surface area contributed by atoms with Gasteiger partial charge in [0.25, 0.3) is 0 Å². The van der Waals surface area contributed by atoms with Crippen molar-refractivity contribution in [3.05, 3.63) is 87.8 Å². The van der Waals surface area contributed by atoms with Gasteiger partial charge in [-0.1, -0.05) is 35.9 Å². The lowest BCUT2D eigenvalue weighted by Gasteiger charge is -2.05. The lowest BCUT2D eigenvalue weighted by atomic mass is 10.2. The number of hydrogen-bond donors (Lipinski definition) is 3. The molecule has 0 radical (unpaired) electrons. The fourth-order valence-corrected chi connectivity index (χ4v) is 3.81. The molecule has 0 saturated carbocycles. The Labute approximate surface area is 182 Å². The minimum atomic E-state index is 0.0153. The maximum atomic E-state index is 10.9.